The third-order valence-corrected chi connectivity index (χ3v) is 2.83. The molecule has 3 aromatic rings. The van der Waals surface area contributed by atoms with Gasteiger partial charge in [-0.25, -0.2) is 9.55 Å². The van der Waals surface area contributed by atoms with Gasteiger partial charge in [-0.1, -0.05) is 0 Å². The third-order valence-electron chi connectivity index (χ3n) is 2.40. The molecule has 3 rings (SSSR count). The van der Waals surface area contributed by atoms with Crippen molar-refractivity contribution in [2.24, 2.45) is 7.05 Å². The molecule has 0 spiro atoms. The molecule has 5 heteroatoms. The molecule has 74 valence electrons. The number of fused-ring (bicyclic) bond motifs is 2. The summed E-state index contributed by atoms with van der Waals surface area (Å²) in [5, 5.41) is 1.06. The summed E-state index contributed by atoms with van der Waals surface area (Å²) in [6, 6.07) is 2.03. The number of aryl methyl sites for hydroxylation is 1. The largest absolute Gasteiger partial charge is 0.345 e. The average molecular weight is 217 g/mol. The van der Waals surface area contributed by atoms with E-state index in [1.807, 2.05) is 23.9 Å². The first-order valence-electron chi connectivity index (χ1n) is 4.56. The number of nitrogens with one attached hydrogen (secondary N) is 1. The highest BCUT2D eigenvalue weighted by Gasteiger charge is 2.12. The Morgan fingerprint density at radius 2 is 2.20 bits per heavy atom. The summed E-state index contributed by atoms with van der Waals surface area (Å²) >= 11 is 4.46. The Kier molecular flexibility index (Phi) is 1.70. The standard InChI is InChI=1S/C10H8N4S/c1-14-3-6-2-7-9(12-4-11-7)10(15)8(6)13-5-14/h2-5,15H,1H3/p+1. The summed E-state index contributed by atoms with van der Waals surface area (Å²) in [5.41, 5.74) is 2.74. The molecule has 15 heavy (non-hydrogen) atoms. The topological polar surface area (TPSA) is 45.5 Å². The summed E-state index contributed by atoms with van der Waals surface area (Å²) in [4.78, 5) is 12.5. The maximum atomic E-state index is 4.46. The molecule has 0 bridgehead atoms. The fourth-order valence-electron chi connectivity index (χ4n) is 1.71. The van der Waals surface area contributed by atoms with Crippen LogP contribution in [0.2, 0.25) is 0 Å². The lowest BCUT2D eigenvalue weighted by molar-refractivity contribution is -0.673. The summed E-state index contributed by atoms with van der Waals surface area (Å²) in [6.45, 7) is 0. The normalized spacial score (nSPS) is 11.3. The van der Waals surface area contributed by atoms with E-state index < -0.39 is 0 Å². The first-order chi connectivity index (χ1) is 7.25. The highest BCUT2D eigenvalue weighted by molar-refractivity contribution is 7.80. The van der Waals surface area contributed by atoms with Gasteiger partial charge in [0.05, 0.1) is 29.2 Å². The van der Waals surface area contributed by atoms with Crippen LogP contribution in [0.5, 0.6) is 0 Å². The van der Waals surface area contributed by atoms with E-state index >= 15 is 0 Å². The van der Waals surface area contributed by atoms with Crippen LogP contribution in [0, 0.1) is 0 Å². The van der Waals surface area contributed by atoms with Gasteiger partial charge in [0.15, 0.2) is 0 Å². The maximum absolute atomic E-state index is 4.46. The molecule has 0 amide bonds. The van der Waals surface area contributed by atoms with Crippen LogP contribution >= 0.6 is 12.6 Å². The van der Waals surface area contributed by atoms with E-state index in [0.29, 0.717) is 0 Å². The Morgan fingerprint density at radius 3 is 3.07 bits per heavy atom. The number of thiol groups is 1. The SMILES string of the molecule is C[n+]1cnc2c(S)c3nc[nH]c3cc2c1. The number of aromatic amines is 1. The lowest BCUT2D eigenvalue weighted by Gasteiger charge is -1.97. The van der Waals surface area contributed by atoms with Gasteiger partial charge in [0, 0.05) is 0 Å². The van der Waals surface area contributed by atoms with Crippen LogP contribution < -0.4 is 4.57 Å². The van der Waals surface area contributed by atoms with Gasteiger partial charge in [-0.05, 0) is 11.1 Å². The van der Waals surface area contributed by atoms with Crippen LogP contribution in [-0.4, -0.2) is 15.0 Å². The molecular weight excluding hydrogens is 208 g/mol. The fraction of sp³-hybridized carbons (Fsp3) is 0.100. The molecule has 0 aliphatic rings. The van der Waals surface area contributed by atoms with Crippen molar-refractivity contribution < 1.29 is 4.57 Å². The van der Waals surface area contributed by atoms with Crippen molar-refractivity contribution in [3.05, 3.63) is 24.9 Å². The minimum Gasteiger partial charge on any atom is -0.345 e. The van der Waals surface area contributed by atoms with Gasteiger partial charge in [-0.3, -0.25) is 0 Å². The molecule has 4 nitrogen and oxygen atoms in total. The number of benzene rings is 1. The van der Waals surface area contributed by atoms with Crippen LogP contribution in [0.25, 0.3) is 21.9 Å². The van der Waals surface area contributed by atoms with Gasteiger partial charge in [-0.2, -0.15) is 0 Å². The van der Waals surface area contributed by atoms with Crippen molar-refractivity contribution in [2.75, 3.05) is 0 Å². The highest BCUT2D eigenvalue weighted by Crippen LogP contribution is 2.26. The Hall–Kier alpha value is -1.62. The number of imidazole rings is 1. The average Bonchev–Trinajstić information content (AvgIpc) is 2.65. The van der Waals surface area contributed by atoms with Crippen molar-refractivity contribution in [2.45, 2.75) is 4.90 Å². The summed E-state index contributed by atoms with van der Waals surface area (Å²) in [7, 11) is 1.95. The number of nitrogens with zero attached hydrogens (tertiary/aromatic N) is 3. The zero-order chi connectivity index (χ0) is 10.4. The lowest BCUT2D eigenvalue weighted by atomic mass is 10.2. The van der Waals surface area contributed by atoms with E-state index in [0.717, 1.165) is 26.8 Å². The van der Waals surface area contributed by atoms with Crippen LogP contribution in [0.3, 0.4) is 0 Å². The van der Waals surface area contributed by atoms with Crippen LogP contribution in [-0.2, 0) is 7.05 Å². The second-order valence-corrected chi connectivity index (χ2v) is 3.95. The number of rotatable bonds is 0. The molecule has 0 atom stereocenters. The molecular formula is C10H9N4S+. The minimum atomic E-state index is 0.823. The van der Waals surface area contributed by atoms with E-state index in [1.54, 1.807) is 12.7 Å². The third kappa shape index (κ3) is 1.20. The lowest BCUT2D eigenvalue weighted by Crippen LogP contribution is -2.27. The van der Waals surface area contributed by atoms with Gasteiger partial charge in [0.1, 0.15) is 11.7 Å². The first-order valence-corrected chi connectivity index (χ1v) is 5.00. The van der Waals surface area contributed by atoms with Crippen LogP contribution in [0.4, 0.5) is 0 Å². The maximum Gasteiger partial charge on any atom is 0.286 e. The Balaban J connectivity index is 2.57. The van der Waals surface area contributed by atoms with Crippen molar-refractivity contribution in [3.63, 3.8) is 0 Å². The van der Waals surface area contributed by atoms with E-state index in [4.69, 9.17) is 0 Å². The smallest absolute Gasteiger partial charge is 0.286 e. The Labute approximate surface area is 91.4 Å². The molecule has 0 fully saturated rings. The van der Waals surface area contributed by atoms with Crippen LogP contribution in [0.1, 0.15) is 0 Å². The summed E-state index contributed by atoms with van der Waals surface area (Å²) in [6.07, 6.45) is 5.45. The first kappa shape index (κ1) is 8.67. The van der Waals surface area contributed by atoms with E-state index in [2.05, 4.69) is 27.6 Å². The van der Waals surface area contributed by atoms with Gasteiger partial charge in [0.2, 0.25) is 5.52 Å². The van der Waals surface area contributed by atoms with E-state index in [-0.39, 0.29) is 0 Å². The Morgan fingerprint density at radius 1 is 1.33 bits per heavy atom. The summed E-state index contributed by atoms with van der Waals surface area (Å²) in [5.74, 6) is 0. The molecule has 2 aromatic heterocycles. The van der Waals surface area contributed by atoms with Gasteiger partial charge in [-0.15, -0.1) is 12.6 Å². The summed E-state index contributed by atoms with van der Waals surface area (Å²) < 4.78 is 1.91. The number of H-pyrrole nitrogens is 1. The van der Waals surface area contributed by atoms with Gasteiger partial charge in [0.25, 0.3) is 6.33 Å². The molecule has 2 heterocycles. The number of hydrogen-bond acceptors (Lipinski definition) is 3. The van der Waals surface area contributed by atoms with Crippen molar-refractivity contribution >= 4 is 34.6 Å². The molecule has 0 aliphatic carbocycles. The molecule has 0 radical (unpaired) electrons. The second-order valence-electron chi connectivity index (χ2n) is 3.50. The van der Waals surface area contributed by atoms with Crippen molar-refractivity contribution in [3.8, 4) is 0 Å². The van der Waals surface area contributed by atoms with Crippen LogP contribution in [0.15, 0.2) is 29.8 Å². The predicted molar refractivity (Wildman–Crippen MR) is 59.8 cm³/mol. The number of hydrogen-bond donors (Lipinski definition) is 2. The quantitative estimate of drug-likeness (QED) is 0.439. The second kappa shape index (κ2) is 2.93. The van der Waals surface area contributed by atoms with Crippen molar-refractivity contribution in [1.29, 1.82) is 0 Å². The fourth-order valence-corrected chi connectivity index (χ4v) is 2.08. The van der Waals surface area contributed by atoms with Crippen molar-refractivity contribution in [1.82, 2.24) is 15.0 Å². The molecule has 0 unspecified atom stereocenters. The zero-order valence-electron chi connectivity index (χ0n) is 8.10. The van der Waals surface area contributed by atoms with E-state index in [9.17, 15) is 0 Å². The molecule has 0 saturated carbocycles. The Bertz CT molecular complexity index is 659. The predicted octanol–water partition coefficient (Wildman–Crippen LogP) is 1.22. The van der Waals surface area contributed by atoms with E-state index in [1.165, 1.54) is 0 Å². The molecule has 0 saturated heterocycles. The number of aromatic nitrogens is 4. The minimum absolute atomic E-state index is 0.823. The highest BCUT2D eigenvalue weighted by atomic mass is 32.1. The zero-order valence-corrected chi connectivity index (χ0v) is 8.99. The monoisotopic (exact) mass is 217 g/mol. The molecule has 1 aromatic carbocycles. The van der Waals surface area contributed by atoms with Gasteiger partial charge >= 0.3 is 0 Å². The van der Waals surface area contributed by atoms with Gasteiger partial charge < -0.3 is 4.98 Å². The molecule has 1 N–H and O–H groups in total. The molecule has 0 aliphatic heterocycles.